The van der Waals surface area contributed by atoms with Crippen molar-refractivity contribution in [1.29, 1.82) is 0 Å². The predicted octanol–water partition coefficient (Wildman–Crippen LogP) is 4.59. The zero-order chi connectivity index (χ0) is 16.9. The van der Waals surface area contributed by atoms with Crippen molar-refractivity contribution in [3.63, 3.8) is 0 Å². The second-order valence-corrected chi connectivity index (χ2v) is 5.54. The fourth-order valence-electron chi connectivity index (χ4n) is 2.42. The van der Waals surface area contributed by atoms with Crippen LogP contribution in [-0.4, -0.2) is 17.1 Å². The molecule has 1 heterocycles. The Labute approximate surface area is 141 Å². The van der Waals surface area contributed by atoms with E-state index in [0.717, 1.165) is 28.8 Å². The molecule has 0 fully saturated rings. The van der Waals surface area contributed by atoms with Crippen LogP contribution in [0.15, 0.2) is 54.6 Å². The Morgan fingerprint density at radius 2 is 1.42 bits per heavy atom. The summed E-state index contributed by atoms with van der Waals surface area (Å²) in [5.41, 5.74) is 3.11. The quantitative estimate of drug-likeness (QED) is 0.720. The van der Waals surface area contributed by atoms with E-state index in [2.05, 4.69) is 39.7 Å². The van der Waals surface area contributed by atoms with Crippen LogP contribution < -0.4 is 15.4 Å². The summed E-state index contributed by atoms with van der Waals surface area (Å²) in [6.45, 7) is 3.93. The number of nitrogens with one attached hydrogen (secondary N) is 2. The van der Waals surface area contributed by atoms with E-state index in [4.69, 9.17) is 4.74 Å². The minimum Gasteiger partial charge on any atom is -0.497 e. The number of ether oxygens (including phenoxy) is 1. The number of rotatable bonds is 5. The first-order valence-electron chi connectivity index (χ1n) is 7.73. The summed E-state index contributed by atoms with van der Waals surface area (Å²) in [7, 11) is 1.65. The lowest BCUT2D eigenvalue weighted by atomic mass is 10.2. The molecule has 0 saturated carbocycles. The minimum atomic E-state index is 0.693. The van der Waals surface area contributed by atoms with Crippen molar-refractivity contribution in [2.24, 2.45) is 0 Å². The molecule has 5 heteroatoms. The molecule has 0 amide bonds. The average Bonchev–Trinajstić information content (AvgIpc) is 2.54. The van der Waals surface area contributed by atoms with Gasteiger partial charge in [-0.1, -0.05) is 18.2 Å². The van der Waals surface area contributed by atoms with Gasteiger partial charge in [0.2, 0.25) is 0 Å². The van der Waals surface area contributed by atoms with E-state index in [0.29, 0.717) is 5.82 Å². The molecule has 3 aromatic rings. The average molecular weight is 320 g/mol. The molecule has 0 aliphatic heterocycles. The van der Waals surface area contributed by atoms with Crippen LogP contribution in [0.1, 0.15) is 11.4 Å². The molecule has 0 unspecified atom stereocenters. The van der Waals surface area contributed by atoms with Gasteiger partial charge in [-0.15, -0.1) is 0 Å². The molecule has 2 N–H and O–H groups in total. The van der Waals surface area contributed by atoms with E-state index in [9.17, 15) is 0 Å². The highest BCUT2D eigenvalue weighted by molar-refractivity contribution is 5.64. The molecule has 3 rings (SSSR count). The van der Waals surface area contributed by atoms with Gasteiger partial charge >= 0.3 is 0 Å². The van der Waals surface area contributed by atoms with E-state index in [1.165, 1.54) is 5.56 Å². The Morgan fingerprint density at radius 3 is 2.04 bits per heavy atom. The Bertz CT molecular complexity index is 848. The van der Waals surface area contributed by atoms with Crippen molar-refractivity contribution in [3.8, 4) is 5.75 Å². The van der Waals surface area contributed by atoms with Crippen LogP contribution >= 0.6 is 0 Å². The number of hydrogen-bond acceptors (Lipinski definition) is 5. The summed E-state index contributed by atoms with van der Waals surface area (Å²) in [6, 6.07) is 17.8. The van der Waals surface area contributed by atoms with Gasteiger partial charge in [-0.3, -0.25) is 0 Å². The second kappa shape index (κ2) is 7.00. The molecule has 24 heavy (non-hydrogen) atoms. The van der Waals surface area contributed by atoms with Crippen molar-refractivity contribution in [1.82, 2.24) is 9.97 Å². The molecule has 0 atom stereocenters. The molecule has 0 radical (unpaired) electrons. The van der Waals surface area contributed by atoms with Crippen molar-refractivity contribution < 1.29 is 4.74 Å². The van der Waals surface area contributed by atoms with Gasteiger partial charge in [0, 0.05) is 23.5 Å². The summed E-state index contributed by atoms with van der Waals surface area (Å²) in [5.74, 6) is 2.96. The first-order chi connectivity index (χ1) is 11.6. The largest absolute Gasteiger partial charge is 0.497 e. The molecule has 5 nitrogen and oxygen atoms in total. The molecule has 1 aromatic heterocycles. The van der Waals surface area contributed by atoms with Gasteiger partial charge in [-0.2, -0.15) is 0 Å². The smallest absolute Gasteiger partial charge is 0.136 e. The number of aromatic nitrogens is 2. The van der Waals surface area contributed by atoms with E-state index < -0.39 is 0 Å². The molecule has 122 valence electrons. The highest BCUT2D eigenvalue weighted by atomic mass is 16.5. The maximum absolute atomic E-state index is 5.25. The van der Waals surface area contributed by atoms with Crippen molar-refractivity contribution >= 4 is 23.0 Å². The number of hydrogen-bond donors (Lipinski definition) is 2. The first kappa shape index (κ1) is 15.8. The van der Waals surface area contributed by atoms with Crippen LogP contribution in [0, 0.1) is 13.8 Å². The molecule has 0 spiro atoms. The normalized spacial score (nSPS) is 10.3. The minimum absolute atomic E-state index is 0.693. The van der Waals surface area contributed by atoms with Crippen molar-refractivity contribution in [3.05, 3.63) is 66.0 Å². The number of benzene rings is 2. The number of nitrogens with zero attached hydrogens (tertiary/aromatic N) is 2. The van der Waals surface area contributed by atoms with Crippen molar-refractivity contribution in [2.45, 2.75) is 13.8 Å². The van der Waals surface area contributed by atoms with Crippen molar-refractivity contribution in [2.75, 3.05) is 17.7 Å². The topological polar surface area (TPSA) is 59.1 Å². The lowest BCUT2D eigenvalue weighted by molar-refractivity contribution is 0.415. The summed E-state index contributed by atoms with van der Waals surface area (Å²) >= 11 is 0. The maximum Gasteiger partial charge on any atom is 0.136 e. The van der Waals surface area contributed by atoms with Crippen LogP contribution in [0.2, 0.25) is 0 Å². The lowest BCUT2D eigenvalue weighted by Crippen LogP contribution is -2.01. The van der Waals surface area contributed by atoms with E-state index >= 15 is 0 Å². The summed E-state index contributed by atoms with van der Waals surface area (Å²) in [5, 5.41) is 6.60. The lowest BCUT2D eigenvalue weighted by Gasteiger charge is -2.11. The highest BCUT2D eigenvalue weighted by Gasteiger charge is 2.04. The van der Waals surface area contributed by atoms with Gasteiger partial charge in [-0.05, 0) is 43.7 Å². The Morgan fingerprint density at radius 1 is 0.792 bits per heavy atom. The molecule has 0 aliphatic rings. The molecule has 0 saturated heterocycles. The summed E-state index contributed by atoms with van der Waals surface area (Å²) < 4.78 is 5.25. The standard InChI is InChI=1S/C19H20N4O/c1-13-6-4-7-15(10-13)22-18-12-19(21-14(2)20-18)23-16-8-5-9-17(11-16)24-3/h4-12H,1-3H3,(H2,20,21,22,23). The third-order valence-corrected chi connectivity index (χ3v) is 3.47. The van der Waals surface area contributed by atoms with E-state index in [1.807, 2.05) is 49.4 Å². The second-order valence-electron chi connectivity index (χ2n) is 5.54. The van der Waals surface area contributed by atoms with Crippen LogP contribution in [0.25, 0.3) is 0 Å². The molecule has 0 bridgehead atoms. The summed E-state index contributed by atoms with van der Waals surface area (Å²) in [4.78, 5) is 8.89. The Balaban J connectivity index is 1.83. The molecular formula is C19H20N4O. The van der Waals surface area contributed by atoms with Gasteiger partial charge in [0.05, 0.1) is 7.11 Å². The van der Waals surface area contributed by atoms with Crippen LogP contribution in [0.4, 0.5) is 23.0 Å². The van der Waals surface area contributed by atoms with Crippen LogP contribution in [-0.2, 0) is 0 Å². The third kappa shape index (κ3) is 4.01. The maximum atomic E-state index is 5.25. The number of aryl methyl sites for hydroxylation is 2. The Kier molecular flexibility index (Phi) is 4.61. The van der Waals surface area contributed by atoms with E-state index in [1.54, 1.807) is 7.11 Å². The van der Waals surface area contributed by atoms with Gasteiger partial charge in [0.15, 0.2) is 0 Å². The fourth-order valence-corrected chi connectivity index (χ4v) is 2.42. The number of anilines is 4. The first-order valence-corrected chi connectivity index (χ1v) is 7.73. The monoisotopic (exact) mass is 320 g/mol. The zero-order valence-corrected chi connectivity index (χ0v) is 14.0. The van der Waals surface area contributed by atoms with Gasteiger partial charge in [-0.25, -0.2) is 9.97 Å². The van der Waals surface area contributed by atoms with Crippen LogP contribution in [0.3, 0.4) is 0 Å². The highest BCUT2D eigenvalue weighted by Crippen LogP contribution is 2.23. The Hall–Kier alpha value is -3.08. The SMILES string of the molecule is COc1cccc(Nc2cc(Nc3cccc(C)c3)nc(C)n2)c1. The number of methoxy groups -OCH3 is 1. The predicted molar refractivity (Wildman–Crippen MR) is 97.5 cm³/mol. The molecule has 0 aliphatic carbocycles. The third-order valence-electron chi connectivity index (χ3n) is 3.47. The molecule has 2 aromatic carbocycles. The summed E-state index contributed by atoms with van der Waals surface area (Å²) in [6.07, 6.45) is 0. The zero-order valence-electron chi connectivity index (χ0n) is 14.0. The van der Waals surface area contributed by atoms with Crippen LogP contribution in [0.5, 0.6) is 5.75 Å². The van der Waals surface area contributed by atoms with Gasteiger partial charge in [0.1, 0.15) is 23.2 Å². The fraction of sp³-hybridized carbons (Fsp3) is 0.158. The van der Waals surface area contributed by atoms with Gasteiger partial charge in [0.25, 0.3) is 0 Å². The van der Waals surface area contributed by atoms with E-state index in [-0.39, 0.29) is 0 Å². The molecular weight excluding hydrogens is 300 g/mol. The van der Waals surface area contributed by atoms with Gasteiger partial charge < -0.3 is 15.4 Å².